The Morgan fingerprint density at radius 1 is 0.794 bits per heavy atom. The van der Waals surface area contributed by atoms with Gasteiger partial charge in [0.05, 0.1) is 0 Å². The number of hydrogen-bond donors (Lipinski definition) is 1. The SMILES string of the molecule is N#C/C(=C\c1cc2sc(-c3ccc(N(c4ccccc4)c4ccccc4)cc3)cc2s1)C(=O)O. The van der Waals surface area contributed by atoms with Crippen LogP contribution in [-0.2, 0) is 4.79 Å². The van der Waals surface area contributed by atoms with Crippen molar-refractivity contribution in [3.8, 4) is 16.5 Å². The Balaban J connectivity index is 1.46. The molecule has 5 rings (SSSR count). The number of carbonyl (C=O) groups is 1. The van der Waals surface area contributed by atoms with E-state index in [4.69, 9.17) is 10.4 Å². The number of carboxylic acids is 1. The van der Waals surface area contributed by atoms with Gasteiger partial charge in [-0.2, -0.15) is 5.26 Å². The van der Waals surface area contributed by atoms with Crippen LogP contribution in [0.4, 0.5) is 17.1 Å². The molecule has 2 heterocycles. The van der Waals surface area contributed by atoms with Crippen molar-refractivity contribution < 1.29 is 9.90 Å². The average Bonchev–Trinajstić information content (AvgIpc) is 3.43. The fourth-order valence-electron chi connectivity index (χ4n) is 3.73. The van der Waals surface area contributed by atoms with Crippen molar-refractivity contribution in [1.29, 1.82) is 5.26 Å². The van der Waals surface area contributed by atoms with Gasteiger partial charge in [0.1, 0.15) is 11.6 Å². The molecule has 5 aromatic rings. The third-order valence-electron chi connectivity index (χ3n) is 5.30. The minimum absolute atomic E-state index is 0.258. The Hall–Kier alpha value is -4.18. The van der Waals surface area contributed by atoms with Crippen molar-refractivity contribution in [3.05, 3.63) is 108 Å². The van der Waals surface area contributed by atoms with E-state index < -0.39 is 5.97 Å². The van der Waals surface area contributed by atoms with Crippen molar-refractivity contribution in [1.82, 2.24) is 0 Å². The largest absolute Gasteiger partial charge is 0.477 e. The normalized spacial score (nSPS) is 11.3. The Morgan fingerprint density at radius 3 is 1.88 bits per heavy atom. The lowest BCUT2D eigenvalue weighted by Crippen LogP contribution is -2.09. The molecule has 0 fully saturated rings. The number of rotatable bonds is 6. The number of para-hydroxylation sites is 2. The molecule has 0 saturated carbocycles. The summed E-state index contributed by atoms with van der Waals surface area (Å²) in [6.07, 6.45) is 1.43. The van der Waals surface area contributed by atoms with E-state index >= 15 is 0 Å². The summed E-state index contributed by atoms with van der Waals surface area (Å²) >= 11 is 3.15. The van der Waals surface area contributed by atoms with Crippen LogP contribution in [0.1, 0.15) is 4.88 Å². The zero-order chi connectivity index (χ0) is 23.5. The van der Waals surface area contributed by atoms with E-state index in [9.17, 15) is 4.79 Å². The molecule has 4 nitrogen and oxygen atoms in total. The van der Waals surface area contributed by atoms with Crippen molar-refractivity contribution in [3.63, 3.8) is 0 Å². The van der Waals surface area contributed by atoms with Gasteiger partial charge in [0.2, 0.25) is 0 Å². The Morgan fingerprint density at radius 2 is 1.35 bits per heavy atom. The van der Waals surface area contributed by atoms with E-state index in [1.807, 2.05) is 42.5 Å². The molecule has 0 amide bonds. The maximum atomic E-state index is 11.1. The number of carboxylic acid groups (broad SMARTS) is 1. The number of thiophene rings is 2. The monoisotopic (exact) mass is 478 g/mol. The Kier molecular flexibility index (Phi) is 5.96. The van der Waals surface area contributed by atoms with Gasteiger partial charge in [0, 0.05) is 36.2 Å². The zero-order valence-electron chi connectivity index (χ0n) is 17.9. The third kappa shape index (κ3) is 4.35. The maximum absolute atomic E-state index is 11.1. The van der Waals surface area contributed by atoms with Crippen LogP contribution >= 0.6 is 22.7 Å². The fourth-order valence-corrected chi connectivity index (χ4v) is 6.08. The number of nitrogens with zero attached hydrogens (tertiary/aromatic N) is 2. The van der Waals surface area contributed by atoms with E-state index in [-0.39, 0.29) is 5.57 Å². The van der Waals surface area contributed by atoms with Gasteiger partial charge < -0.3 is 10.0 Å². The average molecular weight is 479 g/mol. The highest BCUT2D eigenvalue weighted by Gasteiger charge is 2.14. The number of hydrogen-bond acceptors (Lipinski definition) is 5. The van der Waals surface area contributed by atoms with E-state index in [2.05, 4.69) is 59.5 Å². The minimum atomic E-state index is -1.21. The molecule has 0 aliphatic rings. The van der Waals surface area contributed by atoms with Gasteiger partial charge >= 0.3 is 5.97 Å². The van der Waals surface area contributed by atoms with Crippen LogP contribution in [0.15, 0.2) is 103 Å². The Bertz CT molecular complexity index is 1460. The summed E-state index contributed by atoms with van der Waals surface area (Å²) < 4.78 is 2.15. The van der Waals surface area contributed by atoms with Crippen LogP contribution in [0, 0.1) is 11.3 Å². The summed E-state index contributed by atoms with van der Waals surface area (Å²) in [5.74, 6) is -1.21. The molecule has 1 N–H and O–H groups in total. The first-order chi connectivity index (χ1) is 16.6. The van der Waals surface area contributed by atoms with Crippen LogP contribution < -0.4 is 4.90 Å². The third-order valence-corrected chi connectivity index (χ3v) is 7.59. The van der Waals surface area contributed by atoms with Gasteiger partial charge in [-0.15, -0.1) is 22.7 Å². The van der Waals surface area contributed by atoms with Gasteiger partial charge in [-0.05, 0) is 60.2 Å². The van der Waals surface area contributed by atoms with E-state index in [1.165, 1.54) is 17.4 Å². The minimum Gasteiger partial charge on any atom is -0.477 e. The molecule has 0 aliphatic carbocycles. The number of fused-ring (bicyclic) bond motifs is 1. The molecule has 164 valence electrons. The Labute approximate surface area is 204 Å². The molecular weight excluding hydrogens is 460 g/mol. The molecule has 34 heavy (non-hydrogen) atoms. The molecule has 0 bridgehead atoms. The molecule has 0 saturated heterocycles. The molecule has 0 aliphatic heterocycles. The van der Waals surface area contributed by atoms with Crippen LogP contribution in [0.2, 0.25) is 0 Å². The number of nitriles is 1. The first-order valence-corrected chi connectivity index (χ1v) is 12.1. The summed E-state index contributed by atoms with van der Waals surface area (Å²) in [5.41, 5.74) is 4.13. The van der Waals surface area contributed by atoms with Crippen molar-refractivity contribution in [2.24, 2.45) is 0 Å². The van der Waals surface area contributed by atoms with Crippen LogP contribution in [-0.4, -0.2) is 11.1 Å². The molecule has 0 radical (unpaired) electrons. The second-order valence-electron chi connectivity index (χ2n) is 7.52. The highest BCUT2D eigenvalue weighted by atomic mass is 32.1. The van der Waals surface area contributed by atoms with Gasteiger partial charge in [0.15, 0.2) is 0 Å². The number of benzene rings is 3. The predicted molar refractivity (Wildman–Crippen MR) is 141 cm³/mol. The van der Waals surface area contributed by atoms with Gasteiger partial charge in [-0.3, -0.25) is 0 Å². The lowest BCUT2D eigenvalue weighted by Gasteiger charge is -2.25. The summed E-state index contributed by atoms with van der Waals surface area (Å²) in [4.78, 5) is 15.2. The molecule has 2 aromatic heterocycles. The number of anilines is 3. The maximum Gasteiger partial charge on any atom is 0.346 e. The fraction of sp³-hybridized carbons (Fsp3) is 0. The van der Waals surface area contributed by atoms with Crippen molar-refractivity contribution in [2.75, 3.05) is 4.90 Å². The lowest BCUT2D eigenvalue weighted by atomic mass is 10.1. The van der Waals surface area contributed by atoms with E-state index in [0.717, 1.165) is 41.8 Å². The van der Waals surface area contributed by atoms with Gasteiger partial charge in [0.25, 0.3) is 0 Å². The van der Waals surface area contributed by atoms with Crippen LogP contribution in [0.25, 0.3) is 25.9 Å². The molecule has 0 spiro atoms. The van der Waals surface area contributed by atoms with Gasteiger partial charge in [-0.1, -0.05) is 48.5 Å². The van der Waals surface area contributed by atoms with Gasteiger partial charge in [-0.25, -0.2) is 4.79 Å². The van der Waals surface area contributed by atoms with Crippen molar-refractivity contribution >= 4 is 61.2 Å². The molecule has 0 atom stereocenters. The highest BCUT2D eigenvalue weighted by Crippen LogP contribution is 2.40. The zero-order valence-corrected chi connectivity index (χ0v) is 19.5. The second kappa shape index (κ2) is 9.36. The predicted octanol–water partition coefficient (Wildman–Crippen LogP) is 8.09. The molecular formula is C28H18N2O2S2. The standard InChI is InChI=1S/C28H18N2O2S2/c29-18-20(28(31)32)15-24-16-26-27(33-24)17-25(34-26)19-11-13-23(14-12-19)30(21-7-3-1-4-8-21)22-9-5-2-6-10-22/h1-17H,(H,31,32)/b20-15+. The van der Waals surface area contributed by atoms with E-state index in [0.29, 0.717) is 0 Å². The van der Waals surface area contributed by atoms with E-state index in [1.54, 1.807) is 17.4 Å². The van der Waals surface area contributed by atoms with Crippen LogP contribution in [0.5, 0.6) is 0 Å². The summed E-state index contributed by atoms with van der Waals surface area (Å²) in [7, 11) is 0. The lowest BCUT2D eigenvalue weighted by molar-refractivity contribution is -0.132. The second-order valence-corrected chi connectivity index (χ2v) is 9.72. The highest BCUT2D eigenvalue weighted by molar-refractivity contribution is 7.29. The first-order valence-electron chi connectivity index (χ1n) is 10.5. The van der Waals surface area contributed by atoms with Crippen molar-refractivity contribution in [2.45, 2.75) is 0 Å². The molecule has 3 aromatic carbocycles. The number of aliphatic carboxylic acids is 1. The van der Waals surface area contributed by atoms with Crippen LogP contribution in [0.3, 0.4) is 0 Å². The first kappa shape index (κ1) is 21.7. The molecule has 0 unspecified atom stereocenters. The quantitative estimate of drug-likeness (QED) is 0.198. The summed E-state index contributed by atoms with van der Waals surface area (Å²) in [5, 5.41) is 18.1. The molecule has 6 heteroatoms. The summed E-state index contributed by atoms with van der Waals surface area (Å²) in [6, 6.07) is 34.9. The smallest absolute Gasteiger partial charge is 0.346 e. The summed E-state index contributed by atoms with van der Waals surface area (Å²) in [6.45, 7) is 0. The topological polar surface area (TPSA) is 64.3 Å².